The summed E-state index contributed by atoms with van der Waals surface area (Å²) in [5.74, 6) is 0.850. The number of ketones is 1. The van der Waals surface area contributed by atoms with Crippen LogP contribution in [0.15, 0.2) is 65.3 Å². The molecule has 0 N–H and O–H groups in total. The van der Waals surface area contributed by atoms with Crippen molar-refractivity contribution in [3.63, 3.8) is 0 Å². The smallest absolute Gasteiger partial charge is 0.379 e. The second-order valence-electron chi connectivity index (χ2n) is 8.07. The van der Waals surface area contributed by atoms with Gasteiger partial charge in [0.05, 0.1) is 31.6 Å². The van der Waals surface area contributed by atoms with Crippen LogP contribution in [0.1, 0.15) is 45.9 Å². The van der Waals surface area contributed by atoms with Crippen molar-refractivity contribution in [3.8, 4) is 23.0 Å². The van der Waals surface area contributed by atoms with E-state index in [0.29, 0.717) is 28.4 Å². The quantitative estimate of drug-likeness (QED) is 0.196. The van der Waals surface area contributed by atoms with Gasteiger partial charge in [0.1, 0.15) is 17.1 Å². The fourth-order valence-corrected chi connectivity index (χ4v) is 3.49. The van der Waals surface area contributed by atoms with E-state index < -0.39 is 11.6 Å². The van der Waals surface area contributed by atoms with Crippen molar-refractivity contribution in [2.24, 2.45) is 0 Å². The number of carbonyl (C=O) groups excluding carboxylic acids is 2. The Morgan fingerprint density at radius 1 is 0.971 bits per heavy atom. The van der Waals surface area contributed by atoms with Crippen LogP contribution >= 0.6 is 0 Å². The third-order valence-electron chi connectivity index (χ3n) is 5.20. The van der Waals surface area contributed by atoms with Gasteiger partial charge in [0, 0.05) is 0 Å². The average molecular weight is 460 g/mol. The molecule has 3 aromatic rings. The summed E-state index contributed by atoms with van der Waals surface area (Å²) in [6, 6.07) is 11.5. The second-order valence-corrected chi connectivity index (χ2v) is 8.07. The molecule has 2 heterocycles. The number of methoxy groups -OCH3 is 2. The van der Waals surface area contributed by atoms with Gasteiger partial charge in [-0.2, -0.15) is 0 Å². The van der Waals surface area contributed by atoms with E-state index in [9.17, 15) is 9.59 Å². The number of fused-ring (bicyclic) bond motifs is 1. The number of esters is 1. The summed E-state index contributed by atoms with van der Waals surface area (Å²) in [6.07, 6.45) is 8.28. The molecule has 0 spiro atoms. The zero-order chi connectivity index (χ0) is 24.3. The first-order chi connectivity index (χ1) is 16.3. The highest BCUT2D eigenvalue weighted by Gasteiger charge is 2.27. The van der Waals surface area contributed by atoms with E-state index in [4.69, 9.17) is 23.4 Å². The molecule has 1 aromatic heterocycles. The van der Waals surface area contributed by atoms with Crippen LogP contribution in [0, 0.1) is 0 Å². The van der Waals surface area contributed by atoms with E-state index in [0.717, 1.165) is 5.56 Å². The van der Waals surface area contributed by atoms with Crippen molar-refractivity contribution in [1.29, 1.82) is 0 Å². The summed E-state index contributed by atoms with van der Waals surface area (Å²) < 4.78 is 27.3. The molecule has 0 saturated carbocycles. The number of benzene rings is 2. The van der Waals surface area contributed by atoms with Crippen LogP contribution in [-0.4, -0.2) is 31.6 Å². The van der Waals surface area contributed by atoms with Crippen LogP contribution in [0.5, 0.6) is 23.0 Å². The normalized spacial score (nSPS) is 13.8. The van der Waals surface area contributed by atoms with Crippen LogP contribution in [0.2, 0.25) is 0 Å². The van der Waals surface area contributed by atoms with Gasteiger partial charge < -0.3 is 23.4 Å². The van der Waals surface area contributed by atoms with Gasteiger partial charge in [-0.1, -0.05) is 12.1 Å². The summed E-state index contributed by atoms with van der Waals surface area (Å²) in [6.45, 7) is 3.83. The number of hydrogen-bond acceptors (Lipinski definition) is 7. The summed E-state index contributed by atoms with van der Waals surface area (Å²) in [5.41, 5.74) is 1.22. The number of rotatable bonds is 7. The Morgan fingerprint density at radius 3 is 2.44 bits per heavy atom. The molecule has 0 amide bonds. The highest BCUT2D eigenvalue weighted by atomic mass is 16.6. The lowest BCUT2D eigenvalue weighted by atomic mass is 9.97. The topological polar surface area (TPSA) is 84.2 Å². The number of carbonyl (C=O) groups is 2. The monoisotopic (exact) mass is 460 g/mol. The van der Waals surface area contributed by atoms with Crippen molar-refractivity contribution in [2.75, 3.05) is 14.2 Å². The van der Waals surface area contributed by atoms with Gasteiger partial charge in [0.15, 0.2) is 17.3 Å². The van der Waals surface area contributed by atoms with Gasteiger partial charge >= 0.3 is 5.97 Å². The molecule has 7 nitrogen and oxygen atoms in total. The lowest BCUT2D eigenvalue weighted by Crippen LogP contribution is -2.28. The first kappa shape index (κ1) is 22.9. The van der Waals surface area contributed by atoms with E-state index >= 15 is 0 Å². The molecule has 0 aliphatic carbocycles. The Morgan fingerprint density at radius 2 is 1.74 bits per heavy atom. The zero-order valence-electron chi connectivity index (χ0n) is 19.3. The Balaban J connectivity index is 1.60. The van der Waals surface area contributed by atoms with Gasteiger partial charge in [0.25, 0.3) is 0 Å². The molecule has 0 fully saturated rings. The number of furan rings is 1. The maximum atomic E-state index is 13.1. The van der Waals surface area contributed by atoms with Crippen LogP contribution in [0.3, 0.4) is 0 Å². The van der Waals surface area contributed by atoms with Crippen molar-refractivity contribution < 1.29 is 33.0 Å². The SMILES string of the molecule is COc1ccc(C=CC(=O)c2ccc(OC)c3c2OC(C)(C)C=C3)cc1OC(=O)c1ccco1. The molecule has 0 atom stereocenters. The van der Waals surface area contributed by atoms with Crippen molar-refractivity contribution in [3.05, 3.63) is 83.3 Å². The second kappa shape index (κ2) is 9.31. The molecule has 0 saturated heterocycles. The predicted octanol–water partition coefficient (Wildman–Crippen LogP) is 5.60. The van der Waals surface area contributed by atoms with Crippen LogP contribution in [0.25, 0.3) is 12.2 Å². The summed E-state index contributed by atoms with van der Waals surface area (Å²) >= 11 is 0. The standard InChI is InChI=1S/C27H24O7/c1-27(2)14-13-19-21(30-3)12-9-18(25(19)34-27)20(28)10-7-17-8-11-22(31-4)24(16-17)33-26(29)23-6-5-15-32-23/h5-16H,1-4H3. The summed E-state index contributed by atoms with van der Waals surface area (Å²) in [5, 5.41) is 0. The lowest BCUT2D eigenvalue weighted by molar-refractivity contribution is 0.0696. The van der Waals surface area contributed by atoms with Gasteiger partial charge in [-0.25, -0.2) is 4.79 Å². The fourth-order valence-electron chi connectivity index (χ4n) is 3.49. The molecule has 0 unspecified atom stereocenters. The first-order valence-electron chi connectivity index (χ1n) is 10.6. The van der Waals surface area contributed by atoms with Crippen molar-refractivity contribution in [1.82, 2.24) is 0 Å². The third-order valence-corrected chi connectivity index (χ3v) is 5.20. The summed E-state index contributed by atoms with van der Waals surface area (Å²) in [7, 11) is 3.05. The Labute approximate surface area is 197 Å². The maximum absolute atomic E-state index is 13.1. The lowest BCUT2D eigenvalue weighted by Gasteiger charge is -2.29. The minimum atomic E-state index is -0.654. The van der Waals surface area contributed by atoms with E-state index in [1.807, 2.05) is 26.0 Å². The first-order valence-corrected chi connectivity index (χ1v) is 10.6. The number of allylic oxidation sites excluding steroid dienone is 1. The van der Waals surface area contributed by atoms with Crippen LogP contribution in [-0.2, 0) is 0 Å². The van der Waals surface area contributed by atoms with Gasteiger partial charge in [-0.05, 0) is 74.0 Å². The van der Waals surface area contributed by atoms with E-state index in [-0.39, 0.29) is 17.3 Å². The van der Waals surface area contributed by atoms with E-state index in [2.05, 4.69) is 0 Å². The molecule has 2 aromatic carbocycles. The molecule has 1 aliphatic rings. The minimum Gasteiger partial charge on any atom is -0.496 e. The summed E-state index contributed by atoms with van der Waals surface area (Å²) in [4.78, 5) is 25.4. The minimum absolute atomic E-state index is 0.0689. The molecular weight excluding hydrogens is 436 g/mol. The van der Waals surface area contributed by atoms with Gasteiger partial charge in [0.2, 0.25) is 5.76 Å². The molecule has 34 heavy (non-hydrogen) atoms. The van der Waals surface area contributed by atoms with Crippen molar-refractivity contribution in [2.45, 2.75) is 19.4 Å². The molecule has 4 rings (SSSR count). The maximum Gasteiger partial charge on any atom is 0.379 e. The van der Waals surface area contributed by atoms with E-state index in [1.165, 1.54) is 25.5 Å². The van der Waals surface area contributed by atoms with Crippen LogP contribution in [0.4, 0.5) is 0 Å². The molecule has 0 radical (unpaired) electrons. The highest BCUT2D eigenvalue weighted by Crippen LogP contribution is 2.40. The third kappa shape index (κ3) is 4.73. The Kier molecular flexibility index (Phi) is 6.27. The van der Waals surface area contributed by atoms with E-state index in [1.54, 1.807) is 49.6 Å². The molecule has 174 valence electrons. The number of ether oxygens (including phenoxy) is 4. The van der Waals surface area contributed by atoms with Gasteiger partial charge in [-0.15, -0.1) is 0 Å². The molecule has 0 bridgehead atoms. The molecule has 7 heteroatoms. The molecule has 1 aliphatic heterocycles. The molecular formula is C27H24O7. The Hall–Kier alpha value is -4.26. The largest absolute Gasteiger partial charge is 0.496 e. The highest BCUT2D eigenvalue weighted by molar-refractivity contribution is 6.09. The Bertz CT molecular complexity index is 1280. The van der Waals surface area contributed by atoms with Gasteiger partial charge in [-0.3, -0.25) is 4.79 Å². The zero-order valence-corrected chi connectivity index (χ0v) is 19.3. The van der Waals surface area contributed by atoms with Crippen LogP contribution < -0.4 is 18.9 Å². The predicted molar refractivity (Wildman–Crippen MR) is 127 cm³/mol. The fraction of sp³-hybridized carbons (Fsp3) is 0.185. The number of hydrogen-bond donors (Lipinski definition) is 0. The average Bonchev–Trinajstić information content (AvgIpc) is 3.36. The van der Waals surface area contributed by atoms with Crippen molar-refractivity contribution >= 4 is 23.9 Å².